The standard InChI is InChI=1S/C11H10F3NO4.C7H10O5.C6H7F3O2/c1-18-9(16)5-7-6(10(17)19-2)3-4-8(15-7)11(12,13)14;1-11-6(9)3-5(8)4-7(10)12-2;1-2-11-4-3-5(10)6(7,8)9/h3-4H,5H2,1-2H3;3-4H2,1-2H3;3-4H,2H2,1H3/b;;4-3+. The molecule has 0 fully saturated rings. The fraction of sp³-hybridized carbons (Fsp3) is 0.458. The van der Waals surface area contributed by atoms with Crippen molar-refractivity contribution in [2.75, 3.05) is 35.0 Å². The highest BCUT2D eigenvalue weighted by Crippen LogP contribution is 2.28. The van der Waals surface area contributed by atoms with Gasteiger partial charge in [0.1, 0.15) is 18.5 Å². The molecule has 0 saturated carbocycles. The van der Waals surface area contributed by atoms with E-state index < -0.39 is 59.9 Å². The second-order valence-corrected chi connectivity index (χ2v) is 7.10. The largest absolute Gasteiger partial charge is 0.501 e. The van der Waals surface area contributed by atoms with Crippen molar-refractivity contribution in [3.8, 4) is 0 Å². The molecule has 0 radical (unpaired) electrons. The highest BCUT2D eigenvalue weighted by Gasteiger charge is 2.36. The molecule has 0 aliphatic heterocycles. The molecule has 0 aliphatic rings. The molecule has 0 unspecified atom stereocenters. The summed E-state index contributed by atoms with van der Waals surface area (Å²) in [5.74, 6) is -5.40. The molecule has 0 amide bonds. The van der Waals surface area contributed by atoms with E-state index in [1.165, 1.54) is 14.2 Å². The molecule has 0 N–H and O–H groups in total. The fourth-order valence-electron chi connectivity index (χ4n) is 2.13. The number of rotatable bonds is 10. The molecule has 12 nitrogen and oxygen atoms in total. The number of carbonyl (C=O) groups is 6. The van der Waals surface area contributed by atoms with Crippen LogP contribution in [0.25, 0.3) is 0 Å². The van der Waals surface area contributed by atoms with E-state index in [4.69, 9.17) is 0 Å². The number of hydrogen-bond acceptors (Lipinski definition) is 12. The van der Waals surface area contributed by atoms with Crippen LogP contribution in [0.5, 0.6) is 0 Å². The molecule has 0 spiro atoms. The van der Waals surface area contributed by atoms with Gasteiger partial charge in [0.05, 0.1) is 59.0 Å². The molecule has 1 aromatic heterocycles. The van der Waals surface area contributed by atoms with Crippen LogP contribution in [0.3, 0.4) is 0 Å². The van der Waals surface area contributed by atoms with Crippen molar-refractivity contribution in [1.29, 1.82) is 0 Å². The molecule has 0 atom stereocenters. The molecular formula is C24H27F6NO11. The van der Waals surface area contributed by atoms with Gasteiger partial charge >= 0.3 is 36.2 Å². The molecule has 0 aromatic carbocycles. The number of allylic oxidation sites excluding steroid dienone is 1. The van der Waals surface area contributed by atoms with Gasteiger partial charge in [0.2, 0.25) is 0 Å². The van der Waals surface area contributed by atoms with Crippen molar-refractivity contribution >= 4 is 35.4 Å². The summed E-state index contributed by atoms with van der Waals surface area (Å²) in [5.41, 5.74) is -1.74. The Morgan fingerprint density at radius 1 is 0.786 bits per heavy atom. The van der Waals surface area contributed by atoms with Crippen LogP contribution in [0.2, 0.25) is 0 Å². The lowest BCUT2D eigenvalue weighted by molar-refractivity contribution is -0.165. The Morgan fingerprint density at radius 3 is 1.67 bits per heavy atom. The third-order valence-corrected chi connectivity index (χ3v) is 4.11. The Balaban J connectivity index is 0. The van der Waals surface area contributed by atoms with Gasteiger partial charge in [0.25, 0.3) is 5.78 Å². The number of alkyl halides is 6. The van der Waals surface area contributed by atoms with Crippen molar-refractivity contribution < 1.29 is 78.8 Å². The van der Waals surface area contributed by atoms with Crippen LogP contribution < -0.4 is 0 Å². The number of esters is 4. The monoisotopic (exact) mass is 619 g/mol. The highest BCUT2D eigenvalue weighted by molar-refractivity contribution is 6.03. The maximum atomic E-state index is 12.5. The van der Waals surface area contributed by atoms with E-state index in [1.54, 1.807) is 6.92 Å². The zero-order valence-electron chi connectivity index (χ0n) is 22.8. The highest BCUT2D eigenvalue weighted by atomic mass is 19.4. The number of nitrogens with zero attached hydrogens (tertiary/aromatic N) is 1. The average molecular weight is 619 g/mol. The second-order valence-electron chi connectivity index (χ2n) is 7.10. The predicted octanol–water partition coefficient (Wildman–Crippen LogP) is 2.95. The van der Waals surface area contributed by atoms with E-state index in [0.29, 0.717) is 12.1 Å². The third kappa shape index (κ3) is 17.2. The molecule has 0 aliphatic carbocycles. The van der Waals surface area contributed by atoms with Gasteiger partial charge in [0, 0.05) is 6.08 Å². The van der Waals surface area contributed by atoms with Gasteiger partial charge in [0.15, 0.2) is 5.78 Å². The normalized spacial score (nSPS) is 10.6. The molecule has 18 heteroatoms. The SMILES string of the molecule is CCO/C=C/C(=O)C(F)(F)F.COC(=O)CC(=O)CC(=O)OC.COC(=O)Cc1nc(C(F)(F)F)ccc1C(=O)OC. The first kappa shape index (κ1) is 39.6. The summed E-state index contributed by atoms with van der Waals surface area (Å²) >= 11 is 0. The lowest BCUT2D eigenvalue weighted by Crippen LogP contribution is -2.19. The van der Waals surface area contributed by atoms with Crippen LogP contribution in [0.15, 0.2) is 24.5 Å². The summed E-state index contributed by atoms with van der Waals surface area (Å²) in [6.45, 7) is 1.84. The van der Waals surface area contributed by atoms with Gasteiger partial charge < -0.3 is 23.7 Å². The molecule has 236 valence electrons. The summed E-state index contributed by atoms with van der Waals surface area (Å²) in [4.78, 5) is 67.6. The summed E-state index contributed by atoms with van der Waals surface area (Å²) in [7, 11) is 4.50. The van der Waals surface area contributed by atoms with Gasteiger partial charge in [-0.15, -0.1) is 0 Å². The molecule has 0 saturated heterocycles. The van der Waals surface area contributed by atoms with Gasteiger partial charge in [-0.2, -0.15) is 26.3 Å². The number of ether oxygens (including phenoxy) is 5. The first-order valence-corrected chi connectivity index (χ1v) is 11.1. The molecule has 0 bridgehead atoms. The Hall–Kier alpha value is -4.51. The van der Waals surface area contributed by atoms with Gasteiger partial charge in [-0.25, -0.2) is 9.78 Å². The van der Waals surface area contributed by atoms with Crippen molar-refractivity contribution in [2.24, 2.45) is 0 Å². The van der Waals surface area contributed by atoms with Crippen LogP contribution in [0, 0.1) is 0 Å². The van der Waals surface area contributed by atoms with Gasteiger partial charge in [-0.05, 0) is 19.1 Å². The van der Waals surface area contributed by atoms with Crippen molar-refractivity contribution in [3.63, 3.8) is 0 Å². The number of hydrogen-bond donors (Lipinski definition) is 0. The summed E-state index contributed by atoms with van der Waals surface area (Å²) < 4.78 is 93.4. The molecule has 42 heavy (non-hydrogen) atoms. The first-order chi connectivity index (χ1) is 19.4. The van der Waals surface area contributed by atoms with Crippen LogP contribution in [0.1, 0.15) is 41.5 Å². The molecule has 1 aromatic rings. The van der Waals surface area contributed by atoms with Gasteiger partial charge in [-0.3, -0.25) is 24.0 Å². The fourth-order valence-corrected chi connectivity index (χ4v) is 2.13. The zero-order valence-corrected chi connectivity index (χ0v) is 22.8. The Bertz CT molecular complexity index is 1100. The number of Topliss-reactive ketones (excluding diaryl/α,β-unsaturated/α-hetero) is 1. The Labute approximate surface area is 234 Å². The van der Waals surface area contributed by atoms with E-state index in [1.807, 2.05) is 0 Å². The van der Waals surface area contributed by atoms with Crippen LogP contribution in [-0.2, 0) is 60.3 Å². The second kappa shape index (κ2) is 19.5. The van der Waals surface area contributed by atoms with Gasteiger partial charge in [-0.1, -0.05) is 0 Å². The van der Waals surface area contributed by atoms with Crippen LogP contribution in [-0.4, -0.2) is 81.7 Å². The minimum Gasteiger partial charge on any atom is -0.501 e. The van der Waals surface area contributed by atoms with E-state index in [-0.39, 0.29) is 30.7 Å². The lowest BCUT2D eigenvalue weighted by Gasteiger charge is -2.10. The molecule has 1 heterocycles. The quantitative estimate of drug-likeness (QED) is 0.0942. The van der Waals surface area contributed by atoms with Crippen LogP contribution >= 0.6 is 0 Å². The maximum absolute atomic E-state index is 12.5. The number of methoxy groups -OCH3 is 4. The minimum atomic E-state index is -4.80. The summed E-state index contributed by atoms with van der Waals surface area (Å²) in [6.07, 6.45) is -9.70. The van der Waals surface area contributed by atoms with Crippen LogP contribution in [0.4, 0.5) is 26.3 Å². The number of ketones is 2. The Morgan fingerprint density at radius 2 is 1.29 bits per heavy atom. The van der Waals surface area contributed by atoms with Crippen molar-refractivity contribution in [2.45, 2.75) is 38.5 Å². The first-order valence-electron chi connectivity index (χ1n) is 11.1. The van der Waals surface area contributed by atoms with E-state index in [9.17, 15) is 55.1 Å². The van der Waals surface area contributed by atoms with E-state index in [0.717, 1.165) is 26.5 Å². The topological polar surface area (TPSA) is 161 Å². The predicted molar refractivity (Wildman–Crippen MR) is 126 cm³/mol. The Kier molecular flexibility index (Phi) is 18.4. The van der Waals surface area contributed by atoms with E-state index in [2.05, 4.69) is 28.7 Å². The molecular weight excluding hydrogens is 592 g/mol. The summed E-state index contributed by atoms with van der Waals surface area (Å²) in [5, 5.41) is 0. The maximum Gasteiger partial charge on any atom is 0.454 e. The third-order valence-electron chi connectivity index (χ3n) is 4.11. The summed E-state index contributed by atoms with van der Waals surface area (Å²) in [6, 6.07) is 1.56. The van der Waals surface area contributed by atoms with Crippen molar-refractivity contribution in [1.82, 2.24) is 4.98 Å². The number of aromatic nitrogens is 1. The number of pyridine rings is 1. The molecule has 1 rings (SSSR count). The van der Waals surface area contributed by atoms with Crippen molar-refractivity contribution in [3.05, 3.63) is 41.4 Å². The van der Waals surface area contributed by atoms with E-state index >= 15 is 0 Å². The minimum absolute atomic E-state index is 0.207. The number of halogens is 6. The smallest absolute Gasteiger partial charge is 0.454 e. The lowest BCUT2D eigenvalue weighted by atomic mass is 10.1. The number of carbonyl (C=O) groups excluding carboxylic acids is 6. The average Bonchev–Trinajstić information content (AvgIpc) is 2.91. The zero-order chi connectivity index (χ0) is 33.1.